The Morgan fingerprint density at radius 1 is 0.840 bits per heavy atom. The number of hydrogen-bond acceptors (Lipinski definition) is 2. The van der Waals surface area contributed by atoms with E-state index >= 15 is 0 Å². The van der Waals surface area contributed by atoms with E-state index < -0.39 is 0 Å². The molecule has 126 valence electrons. The van der Waals surface area contributed by atoms with E-state index in [0.29, 0.717) is 5.69 Å². The molecule has 0 aliphatic heterocycles. The topological polar surface area (TPSA) is 42.0 Å². The van der Waals surface area contributed by atoms with Crippen molar-refractivity contribution in [2.24, 2.45) is 0 Å². The standard InChI is InChI=1S/C22H22N2O/c1-16-10-9-15-20(23-16)22(25)24-17(2)21(18-11-5-3-6-12-18)19-13-7-4-8-14-19/h3-15,17,21H,1-2H3,(H,24,25). The maximum Gasteiger partial charge on any atom is 0.270 e. The molecule has 1 atom stereocenters. The van der Waals surface area contributed by atoms with Crippen LogP contribution in [0.15, 0.2) is 78.9 Å². The van der Waals surface area contributed by atoms with Gasteiger partial charge in [-0.3, -0.25) is 4.79 Å². The Kier molecular flexibility index (Phi) is 5.24. The van der Waals surface area contributed by atoms with Gasteiger partial charge in [-0.25, -0.2) is 4.98 Å². The molecular weight excluding hydrogens is 308 g/mol. The summed E-state index contributed by atoms with van der Waals surface area (Å²) in [5, 5.41) is 3.12. The lowest BCUT2D eigenvalue weighted by molar-refractivity contribution is 0.0931. The summed E-state index contributed by atoms with van der Waals surface area (Å²) in [5.41, 5.74) is 3.65. The number of rotatable bonds is 5. The lowest BCUT2D eigenvalue weighted by Crippen LogP contribution is -2.38. The number of carbonyl (C=O) groups excluding carboxylic acids is 1. The van der Waals surface area contributed by atoms with Crippen LogP contribution in [0.3, 0.4) is 0 Å². The summed E-state index contributed by atoms with van der Waals surface area (Å²) < 4.78 is 0. The summed E-state index contributed by atoms with van der Waals surface area (Å²) in [6.45, 7) is 3.93. The van der Waals surface area contributed by atoms with Crippen molar-refractivity contribution in [3.63, 3.8) is 0 Å². The van der Waals surface area contributed by atoms with Gasteiger partial charge < -0.3 is 5.32 Å². The molecule has 3 nitrogen and oxygen atoms in total. The lowest BCUT2D eigenvalue weighted by Gasteiger charge is -2.26. The lowest BCUT2D eigenvalue weighted by atomic mass is 9.86. The molecule has 0 aliphatic carbocycles. The number of amides is 1. The minimum atomic E-state index is -0.145. The summed E-state index contributed by atoms with van der Waals surface area (Å²) >= 11 is 0. The Labute approximate surface area is 148 Å². The minimum absolute atomic E-state index is 0.0698. The van der Waals surface area contributed by atoms with Crippen LogP contribution in [0.4, 0.5) is 0 Å². The van der Waals surface area contributed by atoms with Gasteiger partial charge in [0.15, 0.2) is 0 Å². The van der Waals surface area contributed by atoms with Gasteiger partial charge in [0.25, 0.3) is 5.91 Å². The molecule has 1 aromatic heterocycles. The molecule has 0 bridgehead atoms. The van der Waals surface area contributed by atoms with Gasteiger partial charge >= 0.3 is 0 Å². The van der Waals surface area contributed by atoms with Crippen molar-refractivity contribution in [1.82, 2.24) is 10.3 Å². The van der Waals surface area contributed by atoms with Crippen molar-refractivity contribution in [3.05, 3.63) is 101 Å². The average Bonchev–Trinajstić information content (AvgIpc) is 2.63. The number of benzene rings is 2. The molecule has 0 saturated heterocycles. The van der Waals surface area contributed by atoms with E-state index in [1.165, 1.54) is 11.1 Å². The van der Waals surface area contributed by atoms with Crippen LogP contribution in [-0.4, -0.2) is 16.9 Å². The van der Waals surface area contributed by atoms with E-state index in [4.69, 9.17) is 0 Å². The SMILES string of the molecule is Cc1cccc(C(=O)NC(C)C(c2ccccc2)c2ccccc2)n1. The van der Waals surface area contributed by atoms with Gasteiger partial charge in [-0.2, -0.15) is 0 Å². The third-order valence-corrected chi connectivity index (χ3v) is 4.30. The van der Waals surface area contributed by atoms with Crippen molar-refractivity contribution < 1.29 is 4.79 Å². The molecule has 0 fully saturated rings. The van der Waals surface area contributed by atoms with E-state index in [0.717, 1.165) is 5.69 Å². The zero-order valence-electron chi connectivity index (χ0n) is 14.5. The fourth-order valence-corrected chi connectivity index (χ4v) is 3.12. The number of nitrogens with zero attached hydrogens (tertiary/aromatic N) is 1. The van der Waals surface area contributed by atoms with Gasteiger partial charge in [0, 0.05) is 17.7 Å². The molecule has 3 heteroatoms. The van der Waals surface area contributed by atoms with E-state index in [1.54, 1.807) is 6.07 Å². The molecule has 3 aromatic rings. The largest absolute Gasteiger partial charge is 0.347 e. The Balaban J connectivity index is 1.87. The second-order valence-corrected chi connectivity index (χ2v) is 6.23. The number of nitrogens with one attached hydrogen (secondary N) is 1. The quantitative estimate of drug-likeness (QED) is 0.756. The highest BCUT2D eigenvalue weighted by Gasteiger charge is 2.23. The number of carbonyl (C=O) groups is 1. The minimum Gasteiger partial charge on any atom is -0.347 e. The summed E-state index contributed by atoms with van der Waals surface area (Å²) in [6, 6.07) is 26.0. The van der Waals surface area contributed by atoms with Crippen LogP contribution in [0.25, 0.3) is 0 Å². The van der Waals surface area contributed by atoms with Gasteiger partial charge in [-0.15, -0.1) is 0 Å². The predicted molar refractivity (Wildman–Crippen MR) is 101 cm³/mol. The highest BCUT2D eigenvalue weighted by Crippen LogP contribution is 2.28. The molecular formula is C22H22N2O. The fraction of sp³-hybridized carbons (Fsp3) is 0.182. The second-order valence-electron chi connectivity index (χ2n) is 6.23. The predicted octanol–water partition coefficient (Wildman–Crippen LogP) is 4.34. The molecule has 25 heavy (non-hydrogen) atoms. The molecule has 1 amide bonds. The third-order valence-electron chi connectivity index (χ3n) is 4.30. The van der Waals surface area contributed by atoms with Crippen LogP contribution in [0.2, 0.25) is 0 Å². The van der Waals surface area contributed by atoms with Crippen molar-refractivity contribution in [3.8, 4) is 0 Å². The Morgan fingerprint density at radius 3 is 1.92 bits per heavy atom. The van der Waals surface area contributed by atoms with Gasteiger partial charge in [0.2, 0.25) is 0 Å². The summed E-state index contributed by atoms with van der Waals surface area (Å²) in [7, 11) is 0. The molecule has 0 radical (unpaired) electrons. The number of aryl methyl sites for hydroxylation is 1. The van der Waals surface area contributed by atoms with E-state index in [9.17, 15) is 4.79 Å². The zero-order chi connectivity index (χ0) is 17.6. The summed E-state index contributed by atoms with van der Waals surface area (Å²) in [6.07, 6.45) is 0. The third kappa shape index (κ3) is 4.13. The molecule has 2 aromatic carbocycles. The number of pyridine rings is 1. The molecule has 1 heterocycles. The van der Waals surface area contributed by atoms with Crippen molar-refractivity contribution in [1.29, 1.82) is 0 Å². The Hall–Kier alpha value is -2.94. The van der Waals surface area contributed by atoms with Gasteiger partial charge in [-0.05, 0) is 37.1 Å². The Bertz CT molecular complexity index is 791. The molecule has 0 aliphatic rings. The van der Waals surface area contributed by atoms with Gasteiger partial charge in [-0.1, -0.05) is 66.7 Å². The van der Waals surface area contributed by atoms with Gasteiger partial charge in [0.1, 0.15) is 5.69 Å². The highest BCUT2D eigenvalue weighted by atomic mass is 16.1. The van der Waals surface area contributed by atoms with Crippen molar-refractivity contribution >= 4 is 5.91 Å². The second kappa shape index (κ2) is 7.75. The maximum absolute atomic E-state index is 12.6. The zero-order valence-corrected chi connectivity index (χ0v) is 14.5. The first-order chi connectivity index (χ1) is 12.1. The van der Waals surface area contributed by atoms with Crippen LogP contribution < -0.4 is 5.32 Å². The normalized spacial score (nSPS) is 12.0. The highest BCUT2D eigenvalue weighted by molar-refractivity contribution is 5.92. The van der Waals surface area contributed by atoms with Crippen molar-refractivity contribution in [2.45, 2.75) is 25.8 Å². The number of hydrogen-bond donors (Lipinski definition) is 1. The molecule has 1 unspecified atom stereocenters. The van der Waals surface area contributed by atoms with E-state index in [2.05, 4.69) is 34.6 Å². The number of aromatic nitrogens is 1. The van der Waals surface area contributed by atoms with E-state index in [1.807, 2.05) is 62.4 Å². The fourth-order valence-electron chi connectivity index (χ4n) is 3.12. The molecule has 3 rings (SSSR count). The molecule has 1 N–H and O–H groups in total. The van der Waals surface area contributed by atoms with Crippen LogP contribution >= 0.6 is 0 Å². The van der Waals surface area contributed by atoms with Crippen LogP contribution in [0.1, 0.15) is 40.2 Å². The van der Waals surface area contributed by atoms with Gasteiger partial charge in [0.05, 0.1) is 0 Å². The smallest absolute Gasteiger partial charge is 0.270 e. The summed E-state index contributed by atoms with van der Waals surface area (Å²) in [5.74, 6) is -0.0655. The molecule has 0 spiro atoms. The first kappa shape index (κ1) is 16.9. The maximum atomic E-state index is 12.6. The Morgan fingerprint density at radius 2 is 1.40 bits per heavy atom. The average molecular weight is 330 g/mol. The monoisotopic (exact) mass is 330 g/mol. The first-order valence-electron chi connectivity index (χ1n) is 8.49. The molecule has 0 saturated carbocycles. The van der Waals surface area contributed by atoms with Crippen LogP contribution in [-0.2, 0) is 0 Å². The summed E-state index contributed by atoms with van der Waals surface area (Å²) in [4.78, 5) is 16.9. The van der Waals surface area contributed by atoms with Crippen LogP contribution in [0, 0.1) is 6.92 Å². The first-order valence-corrected chi connectivity index (χ1v) is 8.49. The van der Waals surface area contributed by atoms with E-state index in [-0.39, 0.29) is 17.9 Å². The van der Waals surface area contributed by atoms with Crippen LogP contribution in [0.5, 0.6) is 0 Å². The van der Waals surface area contributed by atoms with Crippen molar-refractivity contribution in [2.75, 3.05) is 0 Å².